The number of hydrogen-bond acceptors (Lipinski definition) is 2. The van der Waals surface area contributed by atoms with Gasteiger partial charge >= 0.3 is 0 Å². The molecule has 0 aromatic heterocycles. The van der Waals surface area contributed by atoms with Crippen molar-refractivity contribution in [2.24, 2.45) is 39.9 Å². The van der Waals surface area contributed by atoms with Gasteiger partial charge < -0.3 is 9.47 Å². The van der Waals surface area contributed by atoms with E-state index in [-0.39, 0.29) is 17.1 Å². The van der Waals surface area contributed by atoms with Crippen LogP contribution in [0.3, 0.4) is 0 Å². The van der Waals surface area contributed by atoms with E-state index in [1.54, 1.807) is 0 Å². The van der Waals surface area contributed by atoms with Crippen LogP contribution in [-0.2, 0) is 4.74 Å². The summed E-state index contributed by atoms with van der Waals surface area (Å²) in [4.78, 5) is 0. The lowest BCUT2D eigenvalue weighted by atomic mass is 9.49. The van der Waals surface area contributed by atoms with Crippen molar-refractivity contribution in [3.05, 3.63) is 29.8 Å². The van der Waals surface area contributed by atoms with Crippen molar-refractivity contribution in [1.82, 2.24) is 0 Å². The highest BCUT2D eigenvalue weighted by molar-refractivity contribution is 5.31. The Bertz CT molecular complexity index is 829. The Balaban J connectivity index is 1.31. The van der Waals surface area contributed by atoms with Gasteiger partial charge in [-0.1, -0.05) is 85.8 Å². The van der Waals surface area contributed by atoms with Gasteiger partial charge in [-0.2, -0.15) is 0 Å². The van der Waals surface area contributed by atoms with Crippen molar-refractivity contribution < 1.29 is 9.47 Å². The summed E-state index contributed by atoms with van der Waals surface area (Å²) in [5.74, 6) is 5.13. The molecular formula is C35H56O2. The minimum absolute atomic E-state index is 0.0803. The molecule has 37 heavy (non-hydrogen) atoms. The first-order chi connectivity index (χ1) is 17.5. The van der Waals surface area contributed by atoms with Crippen LogP contribution in [0.2, 0.25) is 0 Å². The molecule has 208 valence electrons. The summed E-state index contributed by atoms with van der Waals surface area (Å²) in [6.45, 7) is 15.1. The third kappa shape index (κ3) is 6.77. The average Bonchev–Trinajstić information content (AvgIpc) is 2.81. The fourth-order valence-electron chi connectivity index (χ4n) is 9.06. The van der Waals surface area contributed by atoms with E-state index in [0.717, 1.165) is 36.0 Å². The zero-order valence-electron chi connectivity index (χ0n) is 25.0. The first-order valence-electron chi connectivity index (χ1n) is 15.9. The standard InChI is InChI=1S/C35H56O2/c1-33(2,3)24-31(34(4,5)6)29-12-14-30(15-13-29)37-32(36-17-16-25-10-8-7-9-11-25)35-21-26-18-27(22-35)20-28(19-26)23-35/h12-15,25-28,31-32H,7-11,16-24H2,1-6H3. The van der Waals surface area contributed by atoms with Gasteiger partial charge in [0.2, 0.25) is 6.29 Å². The number of ether oxygens (including phenoxy) is 2. The Morgan fingerprint density at radius 3 is 1.89 bits per heavy atom. The summed E-state index contributed by atoms with van der Waals surface area (Å²) in [5.41, 5.74) is 2.22. The Morgan fingerprint density at radius 1 is 0.811 bits per heavy atom. The van der Waals surface area contributed by atoms with Gasteiger partial charge in [-0.3, -0.25) is 0 Å². The van der Waals surface area contributed by atoms with Crippen LogP contribution in [0.5, 0.6) is 5.75 Å². The van der Waals surface area contributed by atoms with E-state index in [1.165, 1.54) is 89.0 Å². The predicted molar refractivity (Wildman–Crippen MR) is 155 cm³/mol. The van der Waals surface area contributed by atoms with Crippen LogP contribution in [0.1, 0.15) is 136 Å². The molecule has 5 aliphatic rings. The molecule has 2 unspecified atom stereocenters. The predicted octanol–water partition coefficient (Wildman–Crippen LogP) is 10.2. The van der Waals surface area contributed by atoms with E-state index < -0.39 is 0 Å². The molecule has 2 heteroatoms. The second kappa shape index (κ2) is 10.9. The van der Waals surface area contributed by atoms with Crippen LogP contribution in [-0.4, -0.2) is 12.9 Å². The van der Waals surface area contributed by atoms with Crippen molar-refractivity contribution >= 4 is 0 Å². The molecule has 6 rings (SSSR count). The highest BCUT2D eigenvalue weighted by Gasteiger charge is 2.56. The SMILES string of the molecule is CC(C)(C)CC(c1ccc(OC(OCCC2CCCCC2)C23CC4CC(CC(C4)C2)C3)cc1)C(C)(C)C. The third-order valence-corrected chi connectivity index (χ3v) is 10.5. The van der Waals surface area contributed by atoms with Gasteiger partial charge in [-0.15, -0.1) is 0 Å². The molecule has 0 radical (unpaired) electrons. The van der Waals surface area contributed by atoms with Crippen molar-refractivity contribution in [3.8, 4) is 5.75 Å². The molecule has 0 heterocycles. The van der Waals surface area contributed by atoms with Gasteiger partial charge in [0.05, 0.1) is 6.61 Å². The fraction of sp³-hybridized carbons (Fsp3) is 0.829. The second-order valence-electron chi connectivity index (χ2n) is 16.1. The summed E-state index contributed by atoms with van der Waals surface area (Å²) in [6.07, 6.45) is 17.7. The molecule has 2 nitrogen and oxygen atoms in total. The normalized spacial score (nSPS) is 31.9. The van der Waals surface area contributed by atoms with E-state index in [4.69, 9.17) is 9.47 Å². The van der Waals surface area contributed by atoms with E-state index in [2.05, 4.69) is 65.8 Å². The van der Waals surface area contributed by atoms with Crippen LogP contribution >= 0.6 is 0 Å². The molecule has 2 atom stereocenters. The topological polar surface area (TPSA) is 18.5 Å². The Hall–Kier alpha value is -1.02. The van der Waals surface area contributed by atoms with E-state index in [9.17, 15) is 0 Å². The van der Waals surface area contributed by atoms with E-state index >= 15 is 0 Å². The number of rotatable bonds is 9. The van der Waals surface area contributed by atoms with Gasteiger partial charge in [0.1, 0.15) is 5.75 Å². The molecule has 0 spiro atoms. The molecule has 1 aromatic carbocycles. The maximum atomic E-state index is 6.89. The van der Waals surface area contributed by atoms with Crippen LogP contribution in [0.4, 0.5) is 0 Å². The van der Waals surface area contributed by atoms with Gasteiger partial charge in [0.15, 0.2) is 0 Å². The fourth-order valence-corrected chi connectivity index (χ4v) is 9.06. The second-order valence-corrected chi connectivity index (χ2v) is 16.1. The molecule has 5 fully saturated rings. The monoisotopic (exact) mass is 508 g/mol. The first-order valence-corrected chi connectivity index (χ1v) is 15.9. The number of benzene rings is 1. The maximum Gasteiger partial charge on any atom is 0.205 e. The minimum Gasteiger partial charge on any atom is -0.464 e. The summed E-state index contributed by atoms with van der Waals surface area (Å²) >= 11 is 0. The maximum absolute atomic E-state index is 6.89. The lowest BCUT2D eigenvalue weighted by Crippen LogP contribution is -2.54. The Morgan fingerprint density at radius 2 is 1.38 bits per heavy atom. The van der Waals surface area contributed by atoms with Gasteiger partial charge in [-0.25, -0.2) is 0 Å². The molecule has 0 saturated heterocycles. The van der Waals surface area contributed by atoms with Crippen LogP contribution < -0.4 is 4.74 Å². The van der Waals surface area contributed by atoms with Crippen LogP contribution in [0.15, 0.2) is 24.3 Å². The zero-order chi connectivity index (χ0) is 26.3. The van der Waals surface area contributed by atoms with Gasteiger partial charge in [0, 0.05) is 5.41 Å². The summed E-state index contributed by atoms with van der Waals surface area (Å²) in [7, 11) is 0. The van der Waals surface area contributed by atoms with Gasteiger partial charge in [0.25, 0.3) is 0 Å². The lowest BCUT2D eigenvalue weighted by Gasteiger charge is -2.58. The quantitative estimate of drug-likeness (QED) is 0.309. The molecule has 1 aromatic rings. The highest BCUT2D eigenvalue weighted by Crippen LogP contribution is 2.62. The molecule has 0 N–H and O–H groups in total. The van der Waals surface area contributed by atoms with Crippen LogP contribution in [0.25, 0.3) is 0 Å². The summed E-state index contributed by atoms with van der Waals surface area (Å²) in [6, 6.07) is 9.18. The molecule has 0 amide bonds. The average molecular weight is 509 g/mol. The molecule has 4 bridgehead atoms. The van der Waals surface area contributed by atoms with Crippen molar-refractivity contribution in [2.75, 3.05) is 6.61 Å². The summed E-state index contributed by atoms with van der Waals surface area (Å²) < 4.78 is 13.7. The highest BCUT2D eigenvalue weighted by atomic mass is 16.7. The Labute approximate surface area is 228 Å². The van der Waals surface area contributed by atoms with Gasteiger partial charge in [-0.05, 0) is 109 Å². The minimum atomic E-state index is -0.0803. The van der Waals surface area contributed by atoms with E-state index in [0.29, 0.717) is 11.3 Å². The molecular weight excluding hydrogens is 452 g/mol. The van der Waals surface area contributed by atoms with Crippen molar-refractivity contribution in [3.63, 3.8) is 0 Å². The summed E-state index contributed by atoms with van der Waals surface area (Å²) in [5, 5.41) is 0. The van der Waals surface area contributed by atoms with Crippen LogP contribution in [0, 0.1) is 39.9 Å². The van der Waals surface area contributed by atoms with Crippen molar-refractivity contribution in [2.45, 2.75) is 137 Å². The number of hydrogen-bond donors (Lipinski definition) is 0. The third-order valence-electron chi connectivity index (χ3n) is 10.5. The lowest BCUT2D eigenvalue weighted by molar-refractivity contribution is -0.216. The smallest absolute Gasteiger partial charge is 0.205 e. The zero-order valence-corrected chi connectivity index (χ0v) is 25.0. The molecule has 0 aliphatic heterocycles. The molecule has 5 aliphatic carbocycles. The van der Waals surface area contributed by atoms with E-state index in [1.807, 2.05) is 0 Å². The first kappa shape index (κ1) is 27.5. The van der Waals surface area contributed by atoms with Crippen molar-refractivity contribution in [1.29, 1.82) is 0 Å². The molecule has 5 saturated carbocycles. The Kier molecular flexibility index (Phi) is 8.09. The largest absolute Gasteiger partial charge is 0.464 e.